The van der Waals surface area contributed by atoms with E-state index in [0.717, 1.165) is 17.4 Å². The zero-order valence-electron chi connectivity index (χ0n) is 35.0. The van der Waals surface area contributed by atoms with Crippen LogP contribution in [0.5, 0.6) is 0 Å². The fourth-order valence-corrected chi connectivity index (χ4v) is 8.94. The Morgan fingerprint density at radius 2 is 1.14 bits per heavy atom. The zero-order chi connectivity index (χ0) is 42.4. The number of aliphatic hydroxyl groups is 1. The summed E-state index contributed by atoms with van der Waals surface area (Å²) in [5.41, 5.74) is 0.230. The number of aliphatic hydroxyl groups excluding tert-OH is 1. The molecule has 2 saturated heterocycles. The Morgan fingerprint density at radius 1 is 0.724 bits per heavy atom. The molecule has 0 bridgehead atoms. The van der Waals surface area contributed by atoms with Crippen LogP contribution in [0.1, 0.15) is 66.5 Å². The van der Waals surface area contributed by atoms with Crippen LogP contribution >= 0.6 is 23.5 Å². The third-order valence-electron chi connectivity index (χ3n) is 9.73. The number of aldehydes is 1. The van der Waals surface area contributed by atoms with E-state index in [4.69, 9.17) is 38.4 Å². The maximum absolute atomic E-state index is 12.4. The molecule has 0 spiro atoms. The number of hydrogen-bond donors (Lipinski definition) is 1. The number of thioether (sulfide) groups is 2. The van der Waals surface area contributed by atoms with Gasteiger partial charge in [-0.1, -0.05) is 98.0 Å². The molecule has 0 aromatic heterocycles. The molecule has 14 nitrogen and oxygen atoms in total. The van der Waals surface area contributed by atoms with Crippen LogP contribution in [0.15, 0.2) is 70.6 Å². The van der Waals surface area contributed by atoms with Gasteiger partial charge in [0, 0.05) is 25.9 Å². The molecule has 6 rings (SSSR count). The highest BCUT2D eigenvalue weighted by atomic mass is 32.2. The second-order valence-corrected chi connectivity index (χ2v) is 18.8. The van der Waals surface area contributed by atoms with Gasteiger partial charge >= 0.3 is 12.2 Å². The SMILES string of the molecule is C[C@H]1[C@H](OCc2ccccc2)[C@H]2N=C(N(C)C(=O)OC(C)(C)C)S[C@H]2O[C@@H]1C=O.C[C@H]1[C@H](OCc2ccccc2)[C@H]2N=C(N(C)C(=O)OC(C)(C)C)S[C@H]2O[C@@H]1CO. The van der Waals surface area contributed by atoms with Gasteiger partial charge in [0.25, 0.3) is 0 Å². The molecule has 16 heteroatoms. The molecule has 2 fully saturated rings. The van der Waals surface area contributed by atoms with Gasteiger partial charge in [-0.25, -0.2) is 9.59 Å². The molecule has 318 valence electrons. The van der Waals surface area contributed by atoms with Crippen molar-refractivity contribution in [1.82, 2.24) is 9.80 Å². The minimum absolute atomic E-state index is 0.0412. The molecule has 0 aliphatic carbocycles. The summed E-state index contributed by atoms with van der Waals surface area (Å²) in [5, 5.41) is 10.8. The molecule has 2 aromatic rings. The van der Waals surface area contributed by atoms with E-state index in [1.807, 2.05) is 116 Å². The van der Waals surface area contributed by atoms with Crippen molar-refractivity contribution >= 4 is 52.3 Å². The van der Waals surface area contributed by atoms with Crippen LogP contribution in [-0.4, -0.2) is 123 Å². The second kappa shape index (κ2) is 19.7. The van der Waals surface area contributed by atoms with E-state index in [0.29, 0.717) is 23.5 Å². The summed E-state index contributed by atoms with van der Waals surface area (Å²) in [6.45, 7) is 15.6. The molecule has 1 N–H and O–H groups in total. The smallest absolute Gasteiger partial charge is 0.416 e. The predicted molar refractivity (Wildman–Crippen MR) is 224 cm³/mol. The van der Waals surface area contributed by atoms with Gasteiger partial charge in [0.1, 0.15) is 46.5 Å². The molecule has 0 unspecified atom stereocenters. The van der Waals surface area contributed by atoms with E-state index >= 15 is 0 Å². The summed E-state index contributed by atoms with van der Waals surface area (Å²) < 4.78 is 35.3. The van der Waals surface area contributed by atoms with E-state index < -0.39 is 29.5 Å². The summed E-state index contributed by atoms with van der Waals surface area (Å²) in [6, 6.07) is 19.2. The third kappa shape index (κ3) is 11.8. The van der Waals surface area contributed by atoms with E-state index in [1.165, 1.54) is 33.3 Å². The molecule has 4 aliphatic heterocycles. The maximum Gasteiger partial charge on any atom is 0.416 e. The number of hydrogen-bond acceptors (Lipinski definition) is 14. The van der Waals surface area contributed by atoms with Crippen molar-refractivity contribution in [3.05, 3.63) is 71.8 Å². The largest absolute Gasteiger partial charge is 0.443 e. The highest BCUT2D eigenvalue weighted by molar-refractivity contribution is 8.14. The molecule has 58 heavy (non-hydrogen) atoms. The lowest BCUT2D eigenvalue weighted by Crippen LogP contribution is -2.52. The summed E-state index contributed by atoms with van der Waals surface area (Å²) in [7, 11) is 3.27. The highest BCUT2D eigenvalue weighted by Gasteiger charge is 2.51. The first-order chi connectivity index (χ1) is 27.4. The fraction of sp³-hybridized carbons (Fsp3) is 0.595. The van der Waals surface area contributed by atoms with E-state index in [1.54, 1.807) is 14.1 Å². The number of amidine groups is 2. The first-order valence-electron chi connectivity index (χ1n) is 19.5. The summed E-state index contributed by atoms with van der Waals surface area (Å²) >= 11 is 2.68. The Balaban J connectivity index is 0.000000221. The van der Waals surface area contributed by atoms with Crippen LogP contribution in [-0.2, 0) is 46.4 Å². The molecular weight excluding hydrogens is 785 g/mol. The zero-order valence-corrected chi connectivity index (χ0v) is 36.6. The van der Waals surface area contributed by atoms with Gasteiger partial charge in [-0.05, 0) is 52.7 Å². The van der Waals surface area contributed by atoms with Crippen molar-refractivity contribution in [2.75, 3.05) is 20.7 Å². The number of amides is 2. The first-order valence-corrected chi connectivity index (χ1v) is 21.3. The van der Waals surface area contributed by atoms with Crippen molar-refractivity contribution < 1.29 is 47.9 Å². The van der Waals surface area contributed by atoms with Crippen LogP contribution in [0, 0.1) is 11.8 Å². The minimum atomic E-state index is -0.600. The van der Waals surface area contributed by atoms with Gasteiger partial charge in [0.05, 0.1) is 38.1 Å². The van der Waals surface area contributed by atoms with Crippen molar-refractivity contribution in [2.24, 2.45) is 21.8 Å². The Kier molecular flexibility index (Phi) is 15.5. The highest BCUT2D eigenvalue weighted by Crippen LogP contribution is 2.42. The lowest BCUT2D eigenvalue weighted by Gasteiger charge is -2.41. The maximum atomic E-state index is 12.4. The topological polar surface area (TPSA) is 158 Å². The van der Waals surface area contributed by atoms with E-state index in [-0.39, 0.29) is 59.7 Å². The van der Waals surface area contributed by atoms with Gasteiger partial charge < -0.3 is 38.3 Å². The van der Waals surface area contributed by atoms with Crippen molar-refractivity contribution in [3.63, 3.8) is 0 Å². The van der Waals surface area contributed by atoms with Crippen LogP contribution in [0.4, 0.5) is 9.59 Å². The number of carbonyl (C=O) groups is 3. The fourth-order valence-electron chi connectivity index (χ4n) is 6.60. The molecule has 0 saturated carbocycles. The number of rotatable bonds is 8. The standard InChI is InChI=1S/C21H30N2O5S.C21H28N2O5S/c2*1-13-15(11-24)27-18-16(17(13)26-12-14-9-7-6-8-10-14)22-19(29-18)23(5)20(25)28-21(2,3)4/h6-10,13,15-18,24H,11-12H2,1-5H3;6-11,13,15-18H,12H2,1-5H3/t2*13-,15-,16-,17+,18-/m11/s1. The molecule has 4 heterocycles. The third-order valence-corrected chi connectivity index (χ3v) is 12.2. The van der Waals surface area contributed by atoms with Gasteiger partial charge in [-0.3, -0.25) is 19.8 Å². The van der Waals surface area contributed by atoms with Gasteiger partial charge in [0.15, 0.2) is 10.3 Å². The number of aliphatic imine (C=N–C) groups is 2. The van der Waals surface area contributed by atoms with Crippen molar-refractivity contribution in [3.8, 4) is 0 Å². The van der Waals surface area contributed by atoms with Crippen LogP contribution in [0.2, 0.25) is 0 Å². The van der Waals surface area contributed by atoms with Crippen LogP contribution in [0.25, 0.3) is 0 Å². The van der Waals surface area contributed by atoms with Gasteiger partial charge in [0.2, 0.25) is 0 Å². The summed E-state index contributed by atoms with van der Waals surface area (Å²) in [6.07, 6.45) is -1.59. The Bertz CT molecular complexity index is 1760. The van der Waals surface area contributed by atoms with Crippen molar-refractivity contribution in [2.45, 2.75) is 127 Å². The molecule has 10 atom stereocenters. The second-order valence-electron chi connectivity index (χ2n) is 16.7. The minimum Gasteiger partial charge on any atom is -0.443 e. The van der Waals surface area contributed by atoms with E-state index in [2.05, 4.69) is 0 Å². The van der Waals surface area contributed by atoms with E-state index in [9.17, 15) is 19.5 Å². The van der Waals surface area contributed by atoms with Crippen LogP contribution in [0.3, 0.4) is 0 Å². The molecule has 0 radical (unpaired) electrons. The van der Waals surface area contributed by atoms with Crippen LogP contribution < -0.4 is 0 Å². The molecule has 2 amide bonds. The monoisotopic (exact) mass is 842 g/mol. The average molecular weight is 843 g/mol. The van der Waals surface area contributed by atoms with Gasteiger partial charge in [-0.15, -0.1) is 0 Å². The molecular formula is C42H58N4O10S2. The Labute approximate surface area is 350 Å². The number of nitrogens with zero attached hydrogens (tertiary/aromatic N) is 4. The molecule has 2 aromatic carbocycles. The average Bonchev–Trinajstić information content (AvgIpc) is 3.80. The number of carbonyl (C=O) groups excluding carboxylic acids is 3. The Hall–Kier alpha value is -3.51. The predicted octanol–water partition coefficient (Wildman–Crippen LogP) is 6.73. The first kappa shape index (κ1) is 45.6. The normalized spacial score (nSPS) is 29.1. The van der Waals surface area contributed by atoms with Crippen molar-refractivity contribution in [1.29, 1.82) is 0 Å². The number of fused-ring (bicyclic) bond motifs is 2. The summed E-state index contributed by atoms with van der Waals surface area (Å²) in [4.78, 5) is 48.6. The lowest BCUT2D eigenvalue weighted by atomic mass is 9.90. The quantitative estimate of drug-likeness (QED) is 0.280. The molecule has 4 aliphatic rings. The number of ether oxygens (including phenoxy) is 6. The van der Waals surface area contributed by atoms with Gasteiger partial charge in [-0.2, -0.15) is 0 Å². The number of benzene rings is 2. The lowest BCUT2D eigenvalue weighted by molar-refractivity contribution is -0.150. The Morgan fingerprint density at radius 3 is 1.53 bits per heavy atom. The summed E-state index contributed by atoms with van der Waals surface area (Å²) in [5.74, 6) is -0.200.